The number of carboxylic acids is 1. The van der Waals surface area contributed by atoms with Crippen LogP contribution in [0.2, 0.25) is 0 Å². The van der Waals surface area contributed by atoms with E-state index in [-0.39, 0.29) is 17.7 Å². The van der Waals surface area contributed by atoms with E-state index in [0.29, 0.717) is 19.3 Å². The lowest BCUT2D eigenvalue weighted by atomic mass is 10.0. The zero-order chi connectivity index (χ0) is 14.0. The molecule has 2 N–H and O–H groups in total. The molecule has 0 saturated heterocycles. The second-order valence-corrected chi connectivity index (χ2v) is 5.85. The van der Waals surface area contributed by atoms with Crippen molar-refractivity contribution in [1.82, 2.24) is 0 Å². The van der Waals surface area contributed by atoms with Crippen LogP contribution in [0.15, 0.2) is 22.7 Å². The number of amides is 1. The van der Waals surface area contributed by atoms with Gasteiger partial charge in [0.05, 0.1) is 5.92 Å². The molecule has 1 aromatic carbocycles. The van der Waals surface area contributed by atoms with Gasteiger partial charge >= 0.3 is 5.97 Å². The van der Waals surface area contributed by atoms with Crippen LogP contribution in [-0.2, 0) is 9.59 Å². The molecule has 1 aliphatic rings. The number of aryl methyl sites for hydroxylation is 1. The molecule has 0 unspecified atom stereocenters. The maximum Gasteiger partial charge on any atom is 0.306 e. The van der Waals surface area contributed by atoms with Crippen LogP contribution in [0, 0.1) is 18.8 Å². The fourth-order valence-corrected chi connectivity index (χ4v) is 2.66. The molecule has 1 aliphatic carbocycles. The SMILES string of the molecule is Cc1cc(NC(=O)[C@@H]2CC[C@H](C(=O)O)C2)ccc1Br. The van der Waals surface area contributed by atoms with Crippen molar-refractivity contribution in [3.05, 3.63) is 28.2 Å². The third-order valence-corrected chi connectivity index (χ3v) is 4.47. The van der Waals surface area contributed by atoms with Crippen molar-refractivity contribution in [1.29, 1.82) is 0 Å². The van der Waals surface area contributed by atoms with Crippen molar-refractivity contribution in [2.75, 3.05) is 5.32 Å². The maximum absolute atomic E-state index is 12.1. The van der Waals surface area contributed by atoms with E-state index in [1.54, 1.807) is 0 Å². The number of halogens is 1. The zero-order valence-corrected chi connectivity index (χ0v) is 12.2. The van der Waals surface area contributed by atoms with Gasteiger partial charge in [0.25, 0.3) is 0 Å². The Bertz CT molecular complexity index is 515. The van der Waals surface area contributed by atoms with E-state index in [9.17, 15) is 9.59 Å². The van der Waals surface area contributed by atoms with Gasteiger partial charge in [0.2, 0.25) is 5.91 Å². The maximum atomic E-state index is 12.1. The molecule has 4 nitrogen and oxygen atoms in total. The molecule has 102 valence electrons. The summed E-state index contributed by atoms with van der Waals surface area (Å²) in [4.78, 5) is 22.9. The van der Waals surface area contributed by atoms with Crippen LogP contribution in [0.3, 0.4) is 0 Å². The lowest BCUT2D eigenvalue weighted by molar-refractivity contribution is -0.141. The van der Waals surface area contributed by atoms with Crippen LogP contribution in [0.4, 0.5) is 5.69 Å². The summed E-state index contributed by atoms with van der Waals surface area (Å²) in [5.74, 6) is -1.44. The van der Waals surface area contributed by atoms with Gasteiger partial charge in [-0.25, -0.2) is 0 Å². The topological polar surface area (TPSA) is 66.4 Å². The summed E-state index contributed by atoms with van der Waals surface area (Å²) >= 11 is 3.41. The van der Waals surface area contributed by atoms with Gasteiger partial charge in [0, 0.05) is 16.1 Å². The molecule has 0 bridgehead atoms. The van der Waals surface area contributed by atoms with Gasteiger partial charge in [0.15, 0.2) is 0 Å². The normalized spacial score (nSPS) is 22.2. The molecule has 0 radical (unpaired) electrons. The second kappa shape index (κ2) is 5.74. The molecule has 0 aliphatic heterocycles. The first-order valence-corrected chi connectivity index (χ1v) is 7.06. The monoisotopic (exact) mass is 325 g/mol. The molecule has 2 atom stereocenters. The van der Waals surface area contributed by atoms with Gasteiger partial charge < -0.3 is 10.4 Å². The van der Waals surface area contributed by atoms with Crippen LogP contribution in [0.1, 0.15) is 24.8 Å². The van der Waals surface area contributed by atoms with E-state index in [1.807, 2.05) is 25.1 Å². The minimum atomic E-state index is -0.796. The highest BCUT2D eigenvalue weighted by Crippen LogP contribution is 2.32. The van der Waals surface area contributed by atoms with Gasteiger partial charge in [-0.3, -0.25) is 9.59 Å². The summed E-state index contributed by atoms with van der Waals surface area (Å²) in [7, 11) is 0. The Balaban J connectivity index is 1.98. The molecule has 5 heteroatoms. The number of anilines is 1. The van der Waals surface area contributed by atoms with Crippen molar-refractivity contribution in [3.8, 4) is 0 Å². The summed E-state index contributed by atoms with van der Waals surface area (Å²) < 4.78 is 0.998. The van der Waals surface area contributed by atoms with Crippen molar-refractivity contribution in [2.24, 2.45) is 11.8 Å². The lowest BCUT2D eigenvalue weighted by Gasteiger charge is -2.11. The molecule has 1 amide bonds. The van der Waals surface area contributed by atoms with Crippen LogP contribution in [0.5, 0.6) is 0 Å². The van der Waals surface area contributed by atoms with Gasteiger partial charge in [-0.15, -0.1) is 0 Å². The molecular formula is C14H16BrNO3. The Morgan fingerprint density at radius 3 is 2.58 bits per heavy atom. The number of benzene rings is 1. The van der Waals surface area contributed by atoms with Crippen LogP contribution in [0.25, 0.3) is 0 Å². The zero-order valence-electron chi connectivity index (χ0n) is 10.6. The Hall–Kier alpha value is -1.36. The van der Waals surface area contributed by atoms with E-state index in [2.05, 4.69) is 21.2 Å². The predicted molar refractivity (Wildman–Crippen MR) is 76.0 cm³/mol. The summed E-state index contributed by atoms with van der Waals surface area (Å²) in [6.07, 6.45) is 1.68. The third kappa shape index (κ3) is 3.35. The summed E-state index contributed by atoms with van der Waals surface area (Å²) in [5, 5.41) is 11.8. The van der Waals surface area contributed by atoms with Gasteiger partial charge in [-0.2, -0.15) is 0 Å². The molecule has 1 fully saturated rings. The van der Waals surface area contributed by atoms with E-state index in [4.69, 9.17) is 5.11 Å². The molecular weight excluding hydrogens is 310 g/mol. The smallest absolute Gasteiger partial charge is 0.306 e. The number of carbonyl (C=O) groups is 2. The third-order valence-electron chi connectivity index (χ3n) is 3.58. The average molecular weight is 326 g/mol. The van der Waals surface area contributed by atoms with E-state index < -0.39 is 5.97 Å². The van der Waals surface area contributed by atoms with Crippen molar-refractivity contribution in [2.45, 2.75) is 26.2 Å². The fourth-order valence-electron chi connectivity index (χ4n) is 2.41. The minimum absolute atomic E-state index is 0.0783. The van der Waals surface area contributed by atoms with Crippen LogP contribution in [-0.4, -0.2) is 17.0 Å². The van der Waals surface area contributed by atoms with Crippen molar-refractivity contribution in [3.63, 3.8) is 0 Å². The minimum Gasteiger partial charge on any atom is -0.481 e. The number of hydrogen-bond acceptors (Lipinski definition) is 2. The Labute approximate surface area is 120 Å². The molecule has 2 rings (SSSR count). The number of rotatable bonds is 3. The van der Waals surface area contributed by atoms with E-state index in [1.165, 1.54) is 0 Å². The number of hydrogen-bond donors (Lipinski definition) is 2. The number of aliphatic carboxylic acids is 1. The lowest BCUT2D eigenvalue weighted by Crippen LogP contribution is -2.21. The van der Waals surface area contributed by atoms with Crippen LogP contribution < -0.4 is 5.32 Å². The molecule has 0 aromatic heterocycles. The average Bonchev–Trinajstić information content (AvgIpc) is 2.83. The van der Waals surface area contributed by atoms with Crippen LogP contribution >= 0.6 is 15.9 Å². The van der Waals surface area contributed by atoms with Crippen molar-refractivity contribution < 1.29 is 14.7 Å². The fraction of sp³-hybridized carbons (Fsp3) is 0.429. The van der Waals surface area contributed by atoms with Gasteiger partial charge in [-0.05, 0) is 49.9 Å². The number of carboxylic acid groups (broad SMARTS) is 1. The number of carbonyl (C=O) groups excluding carboxylic acids is 1. The second-order valence-electron chi connectivity index (χ2n) is 5.00. The van der Waals surface area contributed by atoms with Gasteiger partial charge in [-0.1, -0.05) is 15.9 Å². The largest absolute Gasteiger partial charge is 0.481 e. The quantitative estimate of drug-likeness (QED) is 0.896. The summed E-state index contributed by atoms with van der Waals surface area (Å²) in [6, 6.07) is 5.61. The molecule has 1 saturated carbocycles. The first-order chi connectivity index (χ1) is 8.97. The Morgan fingerprint density at radius 1 is 1.32 bits per heavy atom. The summed E-state index contributed by atoms with van der Waals surface area (Å²) in [5.41, 5.74) is 1.80. The first-order valence-electron chi connectivity index (χ1n) is 6.27. The predicted octanol–water partition coefficient (Wildman–Crippen LogP) is 3.20. The number of nitrogens with one attached hydrogen (secondary N) is 1. The highest BCUT2D eigenvalue weighted by molar-refractivity contribution is 9.10. The Kier molecular flexibility index (Phi) is 4.24. The highest BCUT2D eigenvalue weighted by Gasteiger charge is 2.33. The Morgan fingerprint density at radius 2 is 2.00 bits per heavy atom. The molecule has 0 heterocycles. The van der Waals surface area contributed by atoms with E-state index >= 15 is 0 Å². The van der Waals surface area contributed by atoms with Crippen molar-refractivity contribution >= 4 is 33.5 Å². The molecule has 0 spiro atoms. The molecule has 1 aromatic rings. The van der Waals surface area contributed by atoms with Gasteiger partial charge in [0.1, 0.15) is 0 Å². The highest BCUT2D eigenvalue weighted by atomic mass is 79.9. The first kappa shape index (κ1) is 14.1. The standard InChI is InChI=1S/C14H16BrNO3/c1-8-6-11(4-5-12(8)15)16-13(17)9-2-3-10(7-9)14(18)19/h4-6,9-10H,2-3,7H2,1H3,(H,16,17)(H,18,19)/t9-,10+/m1/s1. The van der Waals surface area contributed by atoms with E-state index in [0.717, 1.165) is 15.7 Å². The summed E-state index contributed by atoms with van der Waals surface area (Å²) in [6.45, 7) is 1.95. The molecule has 19 heavy (non-hydrogen) atoms.